The van der Waals surface area contributed by atoms with Crippen LogP contribution in [0.5, 0.6) is 0 Å². The number of amides is 1. The van der Waals surface area contributed by atoms with Crippen LogP contribution < -0.4 is 9.62 Å². The van der Waals surface area contributed by atoms with Crippen LogP contribution in [0.15, 0.2) is 83.8 Å². The quantitative estimate of drug-likeness (QED) is 0.548. The Labute approximate surface area is 195 Å². The van der Waals surface area contributed by atoms with E-state index in [1.807, 2.05) is 48.5 Å². The molecule has 0 aliphatic carbocycles. The summed E-state index contributed by atoms with van der Waals surface area (Å²) >= 11 is 0. The Morgan fingerprint density at radius 3 is 2.39 bits per heavy atom. The van der Waals surface area contributed by atoms with Crippen LogP contribution in [-0.4, -0.2) is 39.4 Å². The molecule has 3 aromatic carbocycles. The molecule has 1 saturated heterocycles. The van der Waals surface area contributed by atoms with Gasteiger partial charge in [0.05, 0.1) is 4.90 Å². The Morgan fingerprint density at radius 2 is 1.64 bits per heavy atom. The lowest BCUT2D eigenvalue weighted by molar-refractivity contribution is 0.0785. The fraction of sp³-hybridized carbons (Fsp3) is 0.269. The molecule has 6 nitrogen and oxygen atoms in total. The maximum atomic E-state index is 13.1. The molecule has 33 heavy (non-hydrogen) atoms. The van der Waals surface area contributed by atoms with E-state index in [2.05, 4.69) is 15.7 Å². The maximum absolute atomic E-state index is 13.1. The average Bonchev–Trinajstić information content (AvgIpc) is 3.38. The van der Waals surface area contributed by atoms with Crippen molar-refractivity contribution in [1.29, 1.82) is 0 Å². The summed E-state index contributed by atoms with van der Waals surface area (Å²) in [5, 5.41) is 0. The van der Waals surface area contributed by atoms with Gasteiger partial charge in [0, 0.05) is 44.5 Å². The third-order valence-corrected chi connectivity index (χ3v) is 7.29. The van der Waals surface area contributed by atoms with E-state index in [1.165, 1.54) is 25.0 Å². The van der Waals surface area contributed by atoms with Crippen LogP contribution in [0.3, 0.4) is 0 Å². The van der Waals surface area contributed by atoms with Crippen molar-refractivity contribution >= 4 is 21.6 Å². The molecular weight excluding hydrogens is 434 g/mol. The molecule has 1 amide bonds. The molecule has 1 fully saturated rings. The van der Waals surface area contributed by atoms with Crippen molar-refractivity contribution in [2.45, 2.75) is 30.8 Å². The van der Waals surface area contributed by atoms with E-state index in [0.29, 0.717) is 12.1 Å². The second-order valence-corrected chi connectivity index (χ2v) is 10.1. The number of para-hydroxylation sites is 1. The molecule has 1 aliphatic rings. The Morgan fingerprint density at radius 1 is 0.939 bits per heavy atom. The molecular formula is C26H29N3O3S. The standard InChI is InChI=1S/C26H29N3O3S/c1-28(20-23-12-5-6-15-25(23)29-16-7-8-17-29)26(30)22-13-9-14-24(18-22)33(31,32)27-19-21-10-3-2-4-11-21/h2-6,9-15,18,27H,7-8,16-17,19-20H2,1H3. The first kappa shape index (κ1) is 23.0. The Balaban J connectivity index is 1.47. The van der Waals surface area contributed by atoms with Gasteiger partial charge in [-0.2, -0.15) is 0 Å². The highest BCUT2D eigenvalue weighted by Gasteiger charge is 2.20. The predicted molar refractivity (Wildman–Crippen MR) is 131 cm³/mol. The second kappa shape index (κ2) is 10.2. The summed E-state index contributed by atoms with van der Waals surface area (Å²) in [4.78, 5) is 17.2. The largest absolute Gasteiger partial charge is 0.371 e. The molecule has 1 heterocycles. The van der Waals surface area contributed by atoms with Crippen molar-refractivity contribution in [1.82, 2.24) is 9.62 Å². The van der Waals surface area contributed by atoms with E-state index in [1.54, 1.807) is 24.1 Å². The summed E-state index contributed by atoms with van der Waals surface area (Å²) in [6, 6.07) is 23.7. The number of benzene rings is 3. The predicted octanol–water partition coefficient (Wildman–Crippen LogP) is 4.04. The highest BCUT2D eigenvalue weighted by molar-refractivity contribution is 7.89. The van der Waals surface area contributed by atoms with Gasteiger partial charge in [-0.1, -0.05) is 54.6 Å². The highest BCUT2D eigenvalue weighted by Crippen LogP contribution is 2.26. The van der Waals surface area contributed by atoms with Gasteiger partial charge in [-0.05, 0) is 48.2 Å². The summed E-state index contributed by atoms with van der Waals surface area (Å²) in [5.41, 5.74) is 3.46. The molecule has 172 valence electrons. The van der Waals surface area contributed by atoms with Crippen molar-refractivity contribution in [3.8, 4) is 0 Å². The summed E-state index contributed by atoms with van der Waals surface area (Å²) in [6.07, 6.45) is 2.37. The minimum Gasteiger partial charge on any atom is -0.371 e. The molecule has 0 unspecified atom stereocenters. The number of sulfonamides is 1. The number of rotatable bonds is 8. The summed E-state index contributed by atoms with van der Waals surface area (Å²) in [6.45, 7) is 2.71. The number of anilines is 1. The summed E-state index contributed by atoms with van der Waals surface area (Å²) in [5.74, 6) is -0.216. The van der Waals surface area contributed by atoms with Crippen LogP contribution in [0.2, 0.25) is 0 Å². The van der Waals surface area contributed by atoms with Crippen LogP contribution >= 0.6 is 0 Å². The van der Waals surface area contributed by atoms with E-state index in [0.717, 1.165) is 29.9 Å². The molecule has 0 radical (unpaired) electrons. The van der Waals surface area contributed by atoms with Crippen LogP contribution in [0.1, 0.15) is 34.3 Å². The molecule has 0 saturated carbocycles. The van der Waals surface area contributed by atoms with E-state index in [-0.39, 0.29) is 17.3 Å². The topological polar surface area (TPSA) is 69.7 Å². The van der Waals surface area contributed by atoms with Gasteiger partial charge in [-0.15, -0.1) is 0 Å². The molecule has 1 aliphatic heterocycles. The zero-order valence-corrected chi connectivity index (χ0v) is 19.6. The zero-order valence-electron chi connectivity index (χ0n) is 18.8. The van der Waals surface area contributed by atoms with Gasteiger partial charge in [0.15, 0.2) is 0 Å². The normalized spacial score (nSPS) is 13.8. The van der Waals surface area contributed by atoms with Gasteiger partial charge in [0.2, 0.25) is 10.0 Å². The van der Waals surface area contributed by atoms with Crippen molar-refractivity contribution in [3.05, 3.63) is 95.6 Å². The number of hydrogen-bond donors (Lipinski definition) is 1. The molecule has 0 spiro atoms. The number of nitrogens with one attached hydrogen (secondary N) is 1. The smallest absolute Gasteiger partial charge is 0.253 e. The minimum absolute atomic E-state index is 0.0788. The van der Waals surface area contributed by atoms with Crippen molar-refractivity contribution in [2.75, 3.05) is 25.0 Å². The highest BCUT2D eigenvalue weighted by atomic mass is 32.2. The lowest BCUT2D eigenvalue weighted by atomic mass is 10.1. The van der Waals surface area contributed by atoms with Crippen molar-refractivity contribution in [2.24, 2.45) is 0 Å². The second-order valence-electron chi connectivity index (χ2n) is 8.32. The molecule has 7 heteroatoms. The molecule has 0 bridgehead atoms. The van der Waals surface area contributed by atoms with Crippen molar-refractivity contribution < 1.29 is 13.2 Å². The maximum Gasteiger partial charge on any atom is 0.253 e. The Hall–Kier alpha value is -3.16. The van der Waals surface area contributed by atoms with Crippen LogP contribution in [0.25, 0.3) is 0 Å². The van der Waals surface area contributed by atoms with Gasteiger partial charge >= 0.3 is 0 Å². The third-order valence-electron chi connectivity index (χ3n) is 5.89. The van der Waals surface area contributed by atoms with Gasteiger partial charge in [-0.3, -0.25) is 4.79 Å². The van der Waals surface area contributed by atoms with Gasteiger partial charge in [-0.25, -0.2) is 13.1 Å². The first-order valence-electron chi connectivity index (χ1n) is 11.2. The first-order valence-corrected chi connectivity index (χ1v) is 12.6. The molecule has 0 atom stereocenters. The zero-order chi connectivity index (χ0) is 23.3. The Kier molecular flexibility index (Phi) is 7.11. The fourth-order valence-corrected chi connectivity index (χ4v) is 5.18. The lowest BCUT2D eigenvalue weighted by Gasteiger charge is -2.24. The van der Waals surface area contributed by atoms with E-state index >= 15 is 0 Å². The van der Waals surface area contributed by atoms with E-state index in [9.17, 15) is 13.2 Å². The number of carbonyl (C=O) groups excluding carboxylic acids is 1. The SMILES string of the molecule is CN(Cc1ccccc1N1CCCC1)C(=O)c1cccc(S(=O)(=O)NCc2ccccc2)c1. The van der Waals surface area contributed by atoms with Crippen LogP contribution in [-0.2, 0) is 23.1 Å². The molecule has 0 aromatic heterocycles. The van der Waals surface area contributed by atoms with E-state index in [4.69, 9.17) is 0 Å². The number of nitrogens with zero attached hydrogens (tertiary/aromatic N) is 2. The Bertz CT molecular complexity index is 1210. The summed E-state index contributed by atoms with van der Waals surface area (Å²) in [7, 11) is -2.00. The van der Waals surface area contributed by atoms with Gasteiger partial charge in [0.25, 0.3) is 5.91 Å². The lowest BCUT2D eigenvalue weighted by Crippen LogP contribution is -2.28. The van der Waals surface area contributed by atoms with Gasteiger partial charge in [0.1, 0.15) is 0 Å². The third kappa shape index (κ3) is 5.61. The van der Waals surface area contributed by atoms with Crippen LogP contribution in [0, 0.1) is 0 Å². The van der Waals surface area contributed by atoms with E-state index < -0.39 is 10.0 Å². The number of hydrogen-bond acceptors (Lipinski definition) is 4. The number of carbonyl (C=O) groups is 1. The molecule has 3 aromatic rings. The molecule has 4 rings (SSSR count). The molecule has 1 N–H and O–H groups in total. The van der Waals surface area contributed by atoms with Crippen LogP contribution in [0.4, 0.5) is 5.69 Å². The van der Waals surface area contributed by atoms with Gasteiger partial charge < -0.3 is 9.80 Å². The fourth-order valence-electron chi connectivity index (χ4n) is 4.11. The monoisotopic (exact) mass is 463 g/mol. The minimum atomic E-state index is -3.74. The summed E-state index contributed by atoms with van der Waals surface area (Å²) < 4.78 is 28.2. The first-order chi connectivity index (χ1) is 15.9. The van der Waals surface area contributed by atoms with Crippen molar-refractivity contribution in [3.63, 3.8) is 0 Å². The average molecular weight is 464 g/mol.